The molecule has 2 unspecified atom stereocenters. The molecule has 2 fully saturated rings. The summed E-state index contributed by atoms with van der Waals surface area (Å²) < 4.78 is 0. The summed E-state index contributed by atoms with van der Waals surface area (Å²) in [6, 6.07) is 0. The summed E-state index contributed by atoms with van der Waals surface area (Å²) in [4.78, 5) is 0. The highest BCUT2D eigenvalue weighted by molar-refractivity contribution is 4.82. The Morgan fingerprint density at radius 2 is 1.67 bits per heavy atom. The maximum absolute atomic E-state index is 5.61. The molecule has 2 rings (SSSR count). The van der Waals surface area contributed by atoms with Crippen LogP contribution in [-0.2, 0) is 0 Å². The Labute approximate surface area is 75.7 Å². The smallest absolute Gasteiger partial charge is 0.00746 e. The first-order valence-electron chi connectivity index (χ1n) is 5.58. The molecule has 2 aliphatic carbocycles. The van der Waals surface area contributed by atoms with Gasteiger partial charge in [-0.15, -0.1) is 0 Å². The molecule has 1 heteroatoms. The largest absolute Gasteiger partial charge is 0.330 e. The predicted octanol–water partition coefficient (Wildman–Crippen LogP) is 2.55. The Hall–Kier alpha value is -0.0400. The molecule has 1 nitrogen and oxygen atoms in total. The fraction of sp³-hybridized carbons (Fsp3) is 1.00. The minimum atomic E-state index is 0.907. The molecule has 0 aromatic carbocycles. The molecule has 2 N–H and O–H groups in total. The van der Waals surface area contributed by atoms with Crippen molar-refractivity contribution in [3.8, 4) is 0 Å². The van der Waals surface area contributed by atoms with E-state index >= 15 is 0 Å². The van der Waals surface area contributed by atoms with Crippen LogP contribution in [0.2, 0.25) is 0 Å². The lowest BCUT2D eigenvalue weighted by Gasteiger charge is -2.39. The minimum Gasteiger partial charge on any atom is -0.330 e. The number of fused-ring (bicyclic) bond motifs is 2. The second-order valence-corrected chi connectivity index (χ2v) is 4.81. The maximum atomic E-state index is 5.61. The first kappa shape index (κ1) is 8.55. The van der Waals surface area contributed by atoms with Gasteiger partial charge in [-0.1, -0.05) is 19.3 Å². The highest BCUT2D eigenvalue weighted by atomic mass is 14.5. The second kappa shape index (κ2) is 3.78. The predicted molar refractivity (Wildman–Crippen MR) is 51.8 cm³/mol. The molecular formula is C11H21N. The van der Waals surface area contributed by atoms with Crippen molar-refractivity contribution >= 4 is 0 Å². The van der Waals surface area contributed by atoms with Crippen molar-refractivity contribution in [2.24, 2.45) is 23.5 Å². The third kappa shape index (κ3) is 1.82. The van der Waals surface area contributed by atoms with Crippen LogP contribution in [0.15, 0.2) is 0 Å². The highest BCUT2D eigenvalue weighted by Crippen LogP contribution is 2.43. The molecule has 0 saturated heterocycles. The van der Waals surface area contributed by atoms with E-state index in [1.54, 1.807) is 6.42 Å². The summed E-state index contributed by atoms with van der Waals surface area (Å²) in [6.07, 6.45) is 10.3. The van der Waals surface area contributed by atoms with Crippen molar-refractivity contribution in [1.29, 1.82) is 0 Å². The van der Waals surface area contributed by atoms with E-state index in [1.165, 1.54) is 38.5 Å². The van der Waals surface area contributed by atoms with E-state index in [4.69, 9.17) is 5.73 Å². The molecule has 2 saturated carbocycles. The Kier molecular flexibility index (Phi) is 2.69. The van der Waals surface area contributed by atoms with Gasteiger partial charge in [0.1, 0.15) is 0 Å². The molecule has 70 valence electrons. The van der Waals surface area contributed by atoms with Gasteiger partial charge in [0, 0.05) is 0 Å². The van der Waals surface area contributed by atoms with Crippen LogP contribution in [0.4, 0.5) is 0 Å². The van der Waals surface area contributed by atoms with Gasteiger partial charge in [-0.05, 0) is 50.0 Å². The topological polar surface area (TPSA) is 26.0 Å². The number of hydrogen-bond donors (Lipinski definition) is 1. The Morgan fingerprint density at radius 3 is 2.25 bits per heavy atom. The third-order valence-electron chi connectivity index (χ3n) is 3.80. The van der Waals surface area contributed by atoms with Crippen molar-refractivity contribution in [3.63, 3.8) is 0 Å². The standard InChI is InChI=1S/C11H21N/c12-5-4-11-7-9-2-1-3-10(6-9)8-11/h9-11H,1-8,12H2. The fourth-order valence-electron chi connectivity index (χ4n) is 3.34. The van der Waals surface area contributed by atoms with Crippen LogP contribution >= 0.6 is 0 Å². The lowest BCUT2D eigenvalue weighted by molar-refractivity contribution is 0.133. The van der Waals surface area contributed by atoms with Crippen molar-refractivity contribution in [3.05, 3.63) is 0 Å². The molecule has 0 aromatic rings. The van der Waals surface area contributed by atoms with Crippen LogP contribution in [0.5, 0.6) is 0 Å². The van der Waals surface area contributed by atoms with Crippen LogP contribution in [0.1, 0.15) is 44.9 Å². The van der Waals surface area contributed by atoms with E-state index in [0.29, 0.717) is 0 Å². The van der Waals surface area contributed by atoms with Gasteiger partial charge in [-0.3, -0.25) is 0 Å². The minimum absolute atomic E-state index is 0.907. The van der Waals surface area contributed by atoms with Gasteiger partial charge in [-0.25, -0.2) is 0 Å². The molecule has 0 aromatic heterocycles. The molecule has 2 aliphatic rings. The maximum Gasteiger partial charge on any atom is -0.00746 e. The molecular weight excluding hydrogens is 146 g/mol. The van der Waals surface area contributed by atoms with Gasteiger partial charge < -0.3 is 5.73 Å². The second-order valence-electron chi connectivity index (χ2n) is 4.81. The zero-order chi connectivity index (χ0) is 8.39. The molecule has 2 atom stereocenters. The number of hydrogen-bond acceptors (Lipinski definition) is 1. The summed E-state index contributed by atoms with van der Waals surface area (Å²) in [5.41, 5.74) is 5.61. The van der Waals surface area contributed by atoms with E-state index in [1.807, 2.05) is 0 Å². The lowest BCUT2D eigenvalue weighted by atomic mass is 9.67. The fourth-order valence-corrected chi connectivity index (χ4v) is 3.34. The van der Waals surface area contributed by atoms with Gasteiger partial charge in [0.15, 0.2) is 0 Å². The number of nitrogens with two attached hydrogens (primary N) is 1. The van der Waals surface area contributed by atoms with Gasteiger partial charge in [0.25, 0.3) is 0 Å². The van der Waals surface area contributed by atoms with Gasteiger partial charge >= 0.3 is 0 Å². The zero-order valence-electron chi connectivity index (χ0n) is 7.97. The van der Waals surface area contributed by atoms with Gasteiger partial charge in [0.2, 0.25) is 0 Å². The van der Waals surface area contributed by atoms with E-state index in [0.717, 1.165) is 24.3 Å². The van der Waals surface area contributed by atoms with E-state index in [9.17, 15) is 0 Å². The molecule has 12 heavy (non-hydrogen) atoms. The summed E-state index contributed by atoms with van der Waals surface area (Å²) in [5.74, 6) is 3.14. The van der Waals surface area contributed by atoms with Crippen molar-refractivity contribution < 1.29 is 0 Å². The monoisotopic (exact) mass is 167 g/mol. The number of rotatable bonds is 2. The summed E-state index contributed by atoms with van der Waals surface area (Å²) in [7, 11) is 0. The van der Waals surface area contributed by atoms with E-state index in [-0.39, 0.29) is 0 Å². The SMILES string of the molecule is NCCC1CC2CCCC(C1)C2. The van der Waals surface area contributed by atoms with Gasteiger partial charge in [0.05, 0.1) is 0 Å². The Bertz CT molecular complexity index is 132. The third-order valence-corrected chi connectivity index (χ3v) is 3.80. The van der Waals surface area contributed by atoms with E-state index in [2.05, 4.69) is 0 Å². The van der Waals surface area contributed by atoms with Crippen LogP contribution < -0.4 is 5.73 Å². The summed E-state index contributed by atoms with van der Waals surface area (Å²) in [6.45, 7) is 0.907. The Balaban J connectivity index is 1.87. The van der Waals surface area contributed by atoms with Crippen LogP contribution in [0.25, 0.3) is 0 Å². The molecule has 0 spiro atoms. The molecule has 2 bridgehead atoms. The van der Waals surface area contributed by atoms with Crippen molar-refractivity contribution in [2.75, 3.05) is 6.54 Å². The normalized spacial score (nSPS) is 41.2. The highest BCUT2D eigenvalue weighted by Gasteiger charge is 2.30. The van der Waals surface area contributed by atoms with Crippen molar-refractivity contribution in [2.45, 2.75) is 44.9 Å². The quantitative estimate of drug-likeness (QED) is 0.672. The van der Waals surface area contributed by atoms with Crippen LogP contribution in [0.3, 0.4) is 0 Å². The zero-order valence-corrected chi connectivity index (χ0v) is 7.97. The Morgan fingerprint density at radius 1 is 1.00 bits per heavy atom. The van der Waals surface area contributed by atoms with E-state index < -0.39 is 0 Å². The van der Waals surface area contributed by atoms with Crippen LogP contribution in [-0.4, -0.2) is 6.54 Å². The molecule has 0 radical (unpaired) electrons. The lowest BCUT2D eigenvalue weighted by Crippen LogP contribution is -2.27. The molecule has 0 amide bonds. The average molecular weight is 167 g/mol. The van der Waals surface area contributed by atoms with Crippen LogP contribution in [0, 0.1) is 17.8 Å². The molecule has 0 aliphatic heterocycles. The first-order valence-corrected chi connectivity index (χ1v) is 5.58. The van der Waals surface area contributed by atoms with Gasteiger partial charge in [-0.2, -0.15) is 0 Å². The average Bonchev–Trinajstić information content (AvgIpc) is 2.04. The summed E-state index contributed by atoms with van der Waals surface area (Å²) in [5, 5.41) is 0. The molecule has 0 heterocycles. The summed E-state index contributed by atoms with van der Waals surface area (Å²) >= 11 is 0. The van der Waals surface area contributed by atoms with Crippen molar-refractivity contribution in [1.82, 2.24) is 0 Å². The first-order chi connectivity index (χ1) is 5.88.